The molecule has 0 spiro atoms. The largest absolute Gasteiger partial charge is 0.478 e. The number of amides is 1. The van der Waals surface area contributed by atoms with E-state index in [1.165, 1.54) is 18.2 Å². The van der Waals surface area contributed by atoms with Crippen molar-refractivity contribution < 1.29 is 23.1 Å². The van der Waals surface area contributed by atoms with Crippen LogP contribution in [-0.2, 0) is 9.84 Å². The van der Waals surface area contributed by atoms with Gasteiger partial charge in [-0.3, -0.25) is 4.79 Å². The number of carboxylic acids is 1. The first-order valence-corrected chi connectivity index (χ1v) is 8.79. The van der Waals surface area contributed by atoms with Crippen LogP contribution in [0.1, 0.15) is 34.1 Å². The Bertz CT molecular complexity index is 715. The number of carboxylic acid groups (broad SMARTS) is 1. The molecule has 1 unspecified atom stereocenters. The summed E-state index contributed by atoms with van der Waals surface area (Å²) in [6.45, 7) is 1.67. The standard InChI is InChI=1S/C13H14BrNO5S/c1-13(2-3-21(19,20)7-13)15-11(16)8-4-9(12(17)18)6-10(14)5-8/h4-6H,2-3,7H2,1H3,(H,15,16)(H,17,18). The predicted molar refractivity (Wildman–Crippen MR) is 80.2 cm³/mol. The Morgan fingerprint density at radius 1 is 1.29 bits per heavy atom. The maximum atomic E-state index is 12.2. The van der Waals surface area contributed by atoms with Crippen molar-refractivity contribution in [2.45, 2.75) is 18.9 Å². The summed E-state index contributed by atoms with van der Waals surface area (Å²) in [4.78, 5) is 23.2. The fraction of sp³-hybridized carbons (Fsp3) is 0.385. The van der Waals surface area contributed by atoms with Gasteiger partial charge in [0.05, 0.1) is 22.6 Å². The van der Waals surface area contributed by atoms with Crippen LogP contribution in [0.25, 0.3) is 0 Å². The van der Waals surface area contributed by atoms with Crippen LogP contribution in [-0.4, -0.2) is 42.4 Å². The van der Waals surface area contributed by atoms with E-state index in [0.29, 0.717) is 10.9 Å². The first kappa shape index (κ1) is 16.0. The summed E-state index contributed by atoms with van der Waals surface area (Å²) in [6, 6.07) is 4.14. The van der Waals surface area contributed by atoms with Gasteiger partial charge >= 0.3 is 5.97 Å². The molecule has 21 heavy (non-hydrogen) atoms. The molecule has 1 fully saturated rings. The number of benzene rings is 1. The smallest absolute Gasteiger partial charge is 0.335 e. The van der Waals surface area contributed by atoms with Crippen molar-refractivity contribution in [3.63, 3.8) is 0 Å². The lowest BCUT2D eigenvalue weighted by atomic mass is 10.0. The summed E-state index contributed by atoms with van der Waals surface area (Å²) in [5.41, 5.74) is -0.659. The molecule has 0 aliphatic carbocycles. The molecule has 2 N–H and O–H groups in total. The van der Waals surface area contributed by atoms with E-state index in [2.05, 4.69) is 21.2 Å². The summed E-state index contributed by atoms with van der Waals surface area (Å²) in [6.07, 6.45) is 0.348. The molecule has 0 aromatic heterocycles. The van der Waals surface area contributed by atoms with Gasteiger partial charge in [0.25, 0.3) is 5.91 Å². The lowest BCUT2D eigenvalue weighted by Crippen LogP contribution is -2.46. The average molecular weight is 376 g/mol. The van der Waals surface area contributed by atoms with Crippen molar-refractivity contribution in [2.24, 2.45) is 0 Å². The predicted octanol–water partition coefficient (Wildman–Crippen LogP) is 1.45. The molecule has 1 saturated heterocycles. The second kappa shape index (κ2) is 5.42. The van der Waals surface area contributed by atoms with Gasteiger partial charge in [0.1, 0.15) is 0 Å². The van der Waals surface area contributed by atoms with Gasteiger partial charge in [-0.1, -0.05) is 15.9 Å². The van der Waals surface area contributed by atoms with Gasteiger partial charge in [-0.25, -0.2) is 13.2 Å². The second-order valence-electron chi connectivity index (χ2n) is 5.39. The Morgan fingerprint density at radius 2 is 1.90 bits per heavy atom. The van der Waals surface area contributed by atoms with Crippen LogP contribution >= 0.6 is 15.9 Å². The molecule has 1 atom stereocenters. The van der Waals surface area contributed by atoms with E-state index >= 15 is 0 Å². The molecule has 0 bridgehead atoms. The van der Waals surface area contributed by atoms with Crippen molar-refractivity contribution in [1.82, 2.24) is 5.32 Å². The van der Waals surface area contributed by atoms with Crippen LogP contribution in [0.3, 0.4) is 0 Å². The third-order valence-corrected chi connectivity index (χ3v) is 5.69. The normalized spacial score (nSPS) is 23.7. The molecule has 1 aromatic carbocycles. The maximum Gasteiger partial charge on any atom is 0.335 e. The third-order valence-electron chi connectivity index (χ3n) is 3.33. The first-order valence-electron chi connectivity index (χ1n) is 6.17. The number of rotatable bonds is 3. The van der Waals surface area contributed by atoms with Crippen molar-refractivity contribution in [2.75, 3.05) is 11.5 Å². The third kappa shape index (κ3) is 3.82. The second-order valence-corrected chi connectivity index (χ2v) is 8.49. The molecule has 6 nitrogen and oxygen atoms in total. The number of hydrogen-bond acceptors (Lipinski definition) is 4. The van der Waals surface area contributed by atoms with E-state index in [9.17, 15) is 18.0 Å². The van der Waals surface area contributed by atoms with Crippen LogP contribution in [0.5, 0.6) is 0 Å². The molecule has 1 aromatic rings. The Balaban J connectivity index is 2.23. The van der Waals surface area contributed by atoms with Gasteiger partial charge in [-0.2, -0.15) is 0 Å². The van der Waals surface area contributed by atoms with E-state index in [1.807, 2.05) is 0 Å². The van der Waals surface area contributed by atoms with Gasteiger partial charge < -0.3 is 10.4 Å². The Kier molecular flexibility index (Phi) is 4.12. The topological polar surface area (TPSA) is 101 Å². The molecule has 8 heteroatoms. The summed E-state index contributed by atoms with van der Waals surface area (Å²) in [5.74, 6) is -1.69. The maximum absolute atomic E-state index is 12.2. The van der Waals surface area contributed by atoms with Crippen molar-refractivity contribution in [1.29, 1.82) is 0 Å². The van der Waals surface area contributed by atoms with E-state index in [4.69, 9.17) is 5.11 Å². The van der Waals surface area contributed by atoms with Gasteiger partial charge in [-0.05, 0) is 31.5 Å². The fourth-order valence-electron chi connectivity index (χ4n) is 2.30. The van der Waals surface area contributed by atoms with E-state index in [0.717, 1.165) is 0 Å². The number of halogens is 1. The van der Waals surface area contributed by atoms with Crippen LogP contribution in [0.15, 0.2) is 22.7 Å². The molecular weight excluding hydrogens is 362 g/mol. The number of nitrogens with one attached hydrogen (secondary N) is 1. The number of carbonyl (C=O) groups excluding carboxylic acids is 1. The summed E-state index contributed by atoms with van der Waals surface area (Å²) in [5, 5.41) is 11.7. The van der Waals surface area contributed by atoms with Gasteiger partial charge in [0.2, 0.25) is 0 Å². The number of aromatic carboxylic acids is 1. The lowest BCUT2D eigenvalue weighted by Gasteiger charge is -2.24. The van der Waals surface area contributed by atoms with E-state index < -0.39 is 27.3 Å². The van der Waals surface area contributed by atoms with Gasteiger partial charge in [0.15, 0.2) is 9.84 Å². The van der Waals surface area contributed by atoms with Crippen molar-refractivity contribution in [3.05, 3.63) is 33.8 Å². The molecular formula is C13H14BrNO5S. The zero-order valence-electron chi connectivity index (χ0n) is 11.2. The molecule has 0 saturated carbocycles. The molecule has 0 radical (unpaired) electrons. The Labute approximate surface area is 130 Å². The molecule has 2 rings (SSSR count). The average Bonchev–Trinajstić information content (AvgIpc) is 2.62. The van der Waals surface area contributed by atoms with Crippen molar-refractivity contribution in [3.8, 4) is 0 Å². The summed E-state index contributed by atoms with van der Waals surface area (Å²) >= 11 is 3.15. The van der Waals surface area contributed by atoms with Crippen LogP contribution < -0.4 is 5.32 Å². The first-order chi connectivity index (χ1) is 9.60. The minimum absolute atomic E-state index is 0.0151. The number of hydrogen-bond donors (Lipinski definition) is 2. The quantitative estimate of drug-likeness (QED) is 0.832. The highest BCUT2D eigenvalue weighted by Gasteiger charge is 2.39. The lowest BCUT2D eigenvalue weighted by molar-refractivity contribution is 0.0696. The van der Waals surface area contributed by atoms with Gasteiger partial charge in [0, 0.05) is 10.0 Å². The van der Waals surface area contributed by atoms with Crippen LogP contribution in [0.2, 0.25) is 0 Å². The number of carbonyl (C=O) groups is 2. The van der Waals surface area contributed by atoms with Crippen LogP contribution in [0, 0.1) is 0 Å². The van der Waals surface area contributed by atoms with Gasteiger partial charge in [-0.15, -0.1) is 0 Å². The summed E-state index contributed by atoms with van der Waals surface area (Å²) in [7, 11) is -3.13. The molecule has 1 aliphatic heterocycles. The minimum Gasteiger partial charge on any atom is -0.478 e. The SMILES string of the molecule is CC1(NC(=O)c2cc(Br)cc(C(=O)O)c2)CCS(=O)(=O)C1. The summed E-state index contributed by atoms with van der Waals surface area (Å²) < 4.78 is 23.5. The van der Waals surface area contributed by atoms with Crippen molar-refractivity contribution >= 4 is 37.6 Å². The fourth-order valence-corrected chi connectivity index (χ4v) is 4.89. The monoisotopic (exact) mass is 375 g/mol. The highest BCUT2D eigenvalue weighted by molar-refractivity contribution is 9.10. The molecule has 114 valence electrons. The Morgan fingerprint density at radius 3 is 2.43 bits per heavy atom. The molecule has 1 amide bonds. The minimum atomic E-state index is -3.13. The molecule has 1 aliphatic rings. The van der Waals surface area contributed by atoms with E-state index in [-0.39, 0.29) is 22.6 Å². The zero-order chi connectivity index (χ0) is 15.8. The highest BCUT2D eigenvalue weighted by Crippen LogP contribution is 2.24. The highest BCUT2D eigenvalue weighted by atomic mass is 79.9. The number of sulfone groups is 1. The Hall–Kier alpha value is -1.41. The van der Waals surface area contributed by atoms with Crippen LogP contribution in [0.4, 0.5) is 0 Å². The van der Waals surface area contributed by atoms with E-state index in [1.54, 1.807) is 6.92 Å². The zero-order valence-corrected chi connectivity index (χ0v) is 13.6. The molecule has 1 heterocycles.